The molecule has 0 bridgehead atoms. The fourth-order valence-corrected chi connectivity index (χ4v) is 3.68. The van der Waals surface area contributed by atoms with Gasteiger partial charge in [-0.05, 0) is 40.9 Å². The fourth-order valence-electron chi connectivity index (χ4n) is 2.53. The van der Waals surface area contributed by atoms with Crippen molar-refractivity contribution in [3.63, 3.8) is 0 Å². The van der Waals surface area contributed by atoms with Crippen molar-refractivity contribution in [1.82, 2.24) is 15.1 Å². The van der Waals surface area contributed by atoms with Crippen molar-refractivity contribution in [1.29, 1.82) is 0 Å². The highest BCUT2D eigenvalue weighted by Gasteiger charge is 2.22. The summed E-state index contributed by atoms with van der Waals surface area (Å²) in [5.41, 5.74) is 0.601. The van der Waals surface area contributed by atoms with Gasteiger partial charge in [-0.3, -0.25) is 9.48 Å². The number of halogens is 3. The Balaban J connectivity index is 1.68. The molecule has 1 aromatic carbocycles. The van der Waals surface area contributed by atoms with Crippen molar-refractivity contribution in [2.24, 2.45) is 7.05 Å². The van der Waals surface area contributed by atoms with Crippen LogP contribution in [0.15, 0.2) is 29.8 Å². The second-order valence-electron chi connectivity index (χ2n) is 5.28. The van der Waals surface area contributed by atoms with Crippen LogP contribution in [0.25, 0.3) is 10.1 Å². The number of amides is 1. The van der Waals surface area contributed by atoms with Crippen molar-refractivity contribution >= 4 is 38.9 Å². The summed E-state index contributed by atoms with van der Waals surface area (Å²) >= 11 is 7.62. The molecular formula is C16H14ClF2N3OS. The van der Waals surface area contributed by atoms with Crippen LogP contribution in [0.4, 0.5) is 8.78 Å². The van der Waals surface area contributed by atoms with Crippen molar-refractivity contribution < 1.29 is 13.6 Å². The topological polar surface area (TPSA) is 46.9 Å². The highest BCUT2D eigenvalue weighted by molar-refractivity contribution is 7.17. The van der Waals surface area contributed by atoms with Gasteiger partial charge in [0.25, 0.3) is 12.3 Å². The molecule has 0 radical (unpaired) electrons. The van der Waals surface area contributed by atoms with E-state index >= 15 is 0 Å². The number of carbonyl (C=O) groups excluding carboxylic acids is 1. The minimum absolute atomic E-state index is 0.0919. The highest BCUT2D eigenvalue weighted by atomic mass is 35.5. The molecular weight excluding hydrogens is 356 g/mol. The molecule has 2 heterocycles. The van der Waals surface area contributed by atoms with E-state index in [0.717, 1.165) is 26.5 Å². The number of fused-ring (bicyclic) bond motifs is 1. The third kappa shape index (κ3) is 3.27. The molecule has 126 valence electrons. The number of aromatic nitrogens is 2. The van der Waals surface area contributed by atoms with E-state index < -0.39 is 12.3 Å². The van der Waals surface area contributed by atoms with E-state index in [1.807, 2.05) is 23.6 Å². The maximum absolute atomic E-state index is 13.0. The summed E-state index contributed by atoms with van der Waals surface area (Å²) in [4.78, 5) is 12.1. The summed E-state index contributed by atoms with van der Waals surface area (Å²) in [5.74, 6) is -0.545. The molecule has 1 N–H and O–H groups in total. The van der Waals surface area contributed by atoms with Crippen molar-refractivity contribution in [3.05, 3.63) is 51.6 Å². The van der Waals surface area contributed by atoms with Gasteiger partial charge >= 0.3 is 0 Å². The van der Waals surface area contributed by atoms with Gasteiger partial charge in [-0.15, -0.1) is 11.3 Å². The first kappa shape index (κ1) is 16.9. The molecule has 2 aromatic heterocycles. The van der Waals surface area contributed by atoms with Gasteiger partial charge in [0.05, 0.1) is 11.8 Å². The number of alkyl halides is 2. The van der Waals surface area contributed by atoms with Crippen molar-refractivity contribution in [2.45, 2.75) is 12.8 Å². The zero-order chi connectivity index (χ0) is 17.3. The molecule has 0 aliphatic rings. The third-order valence-corrected chi connectivity index (χ3v) is 4.98. The Morgan fingerprint density at radius 1 is 1.46 bits per heavy atom. The predicted molar refractivity (Wildman–Crippen MR) is 91.0 cm³/mol. The Labute approximate surface area is 146 Å². The van der Waals surface area contributed by atoms with Gasteiger partial charge in [-0.2, -0.15) is 5.10 Å². The van der Waals surface area contributed by atoms with Gasteiger partial charge in [-0.25, -0.2) is 8.78 Å². The summed E-state index contributed by atoms with van der Waals surface area (Å²) in [6, 6.07) is 5.68. The molecule has 0 saturated heterocycles. The number of nitrogens with zero attached hydrogens (tertiary/aromatic N) is 2. The van der Waals surface area contributed by atoms with E-state index in [-0.39, 0.29) is 11.3 Å². The summed E-state index contributed by atoms with van der Waals surface area (Å²) in [6.07, 6.45) is -0.992. The predicted octanol–water partition coefficient (Wildman–Crippen LogP) is 4.20. The summed E-state index contributed by atoms with van der Waals surface area (Å²) in [6.45, 7) is 0.342. The molecule has 3 aromatic rings. The quantitative estimate of drug-likeness (QED) is 0.732. The molecule has 0 unspecified atom stereocenters. The Kier molecular flexibility index (Phi) is 4.82. The summed E-state index contributed by atoms with van der Waals surface area (Å²) in [5, 5.41) is 10.1. The maximum Gasteiger partial charge on any atom is 0.280 e. The summed E-state index contributed by atoms with van der Waals surface area (Å²) in [7, 11) is 1.39. The van der Waals surface area contributed by atoms with Crippen molar-refractivity contribution in [3.8, 4) is 0 Å². The molecule has 24 heavy (non-hydrogen) atoms. The average Bonchev–Trinajstić information content (AvgIpc) is 3.11. The molecule has 1 amide bonds. The molecule has 0 atom stereocenters. The van der Waals surface area contributed by atoms with Crippen LogP contribution in [0.1, 0.15) is 28.0 Å². The number of benzene rings is 1. The highest BCUT2D eigenvalue weighted by Crippen LogP contribution is 2.29. The largest absolute Gasteiger partial charge is 0.352 e. The Hall–Kier alpha value is -1.99. The molecule has 0 aliphatic heterocycles. The maximum atomic E-state index is 13.0. The van der Waals surface area contributed by atoms with E-state index in [1.165, 1.54) is 7.05 Å². The van der Waals surface area contributed by atoms with Crippen LogP contribution in [0.3, 0.4) is 0 Å². The van der Waals surface area contributed by atoms with Gasteiger partial charge in [0.1, 0.15) is 5.69 Å². The number of nitrogens with one attached hydrogen (secondary N) is 1. The van der Waals surface area contributed by atoms with Gasteiger partial charge in [-0.1, -0.05) is 11.6 Å². The molecule has 0 fully saturated rings. The molecule has 4 nitrogen and oxygen atoms in total. The molecule has 0 saturated carbocycles. The van der Waals surface area contributed by atoms with Crippen LogP contribution >= 0.6 is 22.9 Å². The number of thiophene rings is 1. The monoisotopic (exact) mass is 369 g/mol. The zero-order valence-corrected chi connectivity index (χ0v) is 14.3. The van der Waals surface area contributed by atoms with Gasteiger partial charge < -0.3 is 5.32 Å². The SMILES string of the molecule is Cn1ncc(C(=O)NCCc2csc3ccc(Cl)cc23)c1C(F)F. The molecule has 3 rings (SSSR count). The Morgan fingerprint density at radius 2 is 2.25 bits per heavy atom. The van der Waals surface area contributed by atoms with Crippen LogP contribution in [0.2, 0.25) is 5.02 Å². The molecule has 0 aliphatic carbocycles. The standard InChI is InChI=1S/C16H14ClF2N3OS/c1-22-14(15(18)19)12(7-21-22)16(23)20-5-4-9-8-24-13-3-2-10(17)6-11(9)13/h2-3,6-8,15H,4-5H2,1H3,(H,20,23). The van der Waals surface area contributed by atoms with Gasteiger partial charge in [0.2, 0.25) is 0 Å². The summed E-state index contributed by atoms with van der Waals surface area (Å²) < 4.78 is 28.1. The normalized spacial score (nSPS) is 11.4. The lowest BCUT2D eigenvalue weighted by Gasteiger charge is -2.06. The van der Waals surface area contributed by atoms with Crippen molar-refractivity contribution in [2.75, 3.05) is 6.54 Å². The Bertz CT molecular complexity index is 891. The van der Waals surface area contributed by atoms with Gasteiger partial charge in [0.15, 0.2) is 0 Å². The fraction of sp³-hybridized carbons (Fsp3) is 0.250. The average molecular weight is 370 g/mol. The minimum Gasteiger partial charge on any atom is -0.352 e. The van der Waals surface area contributed by atoms with E-state index in [4.69, 9.17) is 11.6 Å². The minimum atomic E-state index is -2.75. The molecule has 8 heteroatoms. The number of rotatable bonds is 5. The van der Waals surface area contributed by atoms with Gasteiger partial charge in [0, 0.05) is 23.3 Å². The first-order chi connectivity index (χ1) is 11.5. The zero-order valence-electron chi connectivity index (χ0n) is 12.7. The first-order valence-electron chi connectivity index (χ1n) is 7.21. The number of aryl methyl sites for hydroxylation is 1. The van der Waals surface area contributed by atoms with Crippen LogP contribution in [-0.4, -0.2) is 22.2 Å². The second kappa shape index (κ2) is 6.86. The lowest BCUT2D eigenvalue weighted by molar-refractivity contribution is 0.0937. The van der Waals surface area contributed by atoms with Crippen LogP contribution < -0.4 is 5.32 Å². The number of hydrogen-bond donors (Lipinski definition) is 1. The van der Waals surface area contributed by atoms with Crippen LogP contribution in [0.5, 0.6) is 0 Å². The lowest BCUT2D eigenvalue weighted by atomic mass is 10.1. The van der Waals surface area contributed by atoms with Crippen LogP contribution in [0, 0.1) is 0 Å². The van der Waals surface area contributed by atoms with E-state index in [2.05, 4.69) is 10.4 Å². The second-order valence-corrected chi connectivity index (χ2v) is 6.62. The Morgan fingerprint density at radius 3 is 3.00 bits per heavy atom. The number of hydrogen-bond acceptors (Lipinski definition) is 3. The van der Waals surface area contributed by atoms with Crippen LogP contribution in [-0.2, 0) is 13.5 Å². The van der Waals surface area contributed by atoms with E-state index in [1.54, 1.807) is 11.3 Å². The van der Waals surface area contributed by atoms with E-state index in [0.29, 0.717) is 18.0 Å². The third-order valence-electron chi connectivity index (χ3n) is 3.73. The van der Waals surface area contributed by atoms with E-state index in [9.17, 15) is 13.6 Å². The first-order valence-corrected chi connectivity index (χ1v) is 8.47. The number of carbonyl (C=O) groups is 1. The lowest BCUT2D eigenvalue weighted by Crippen LogP contribution is -2.26. The smallest absolute Gasteiger partial charge is 0.280 e. The molecule has 0 spiro atoms.